The monoisotopic (exact) mass is 261 g/mol. The predicted octanol–water partition coefficient (Wildman–Crippen LogP) is 3.16. The van der Waals surface area contributed by atoms with Crippen molar-refractivity contribution in [2.24, 2.45) is 0 Å². The molecule has 1 aromatic carbocycles. The Morgan fingerprint density at radius 1 is 1.44 bits per heavy atom. The molecule has 0 saturated heterocycles. The van der Waals surface area contributed by atoms with Crippen LogP contribution in [0.25, 0.3) is 0 Å². The lowest BCUT2D eigenvalue weighted by atomic mass is 10.1. The summed E-state index contributed by atoms with van der Waals surface area (Å²) in [5.41, 5.74) is 2.65. The quantitative estimate of drug-likeness (QED) is 0.785. The van der Waals surface area contributed by atoms with E-state index in [4.69, 9.17) is 0 Å². The fourth-order valence-corrected chi connectivity index (χ4v) is 2.82. The summed E-state index contributed by atoms with van der Waals surface area (Å²) in [7, 11) is 0. The van der Waals surface area contributed by atoms with E-state index in [1.807, 2.05) is 6.20 Å². The number of hydrogen-bond donors (Lipinski definition) is 2. The summed E-state index contributed by atoms with van der Waals surface area (Å²) in [6, 6.07) is 9.04. The third-order valence-electron chi connectivity index (χ3n) is 2.75. The molecule has 2 aromatic rings. The highest BCUT2D eigenvalue weighted by Crippen LogP contribution is 2.22. The van der Waals surface area contributed by atoms with Gasteiger partial charge < -0.3 is 10.3 Å². The molecule has 3 nitrogen and oxygen atoms in total. The molecule has 1 heterocycles. The number of aromatic amines is 1. The van der Waals surface area contributed by atoms with Gasteiger partial charge in [-0.25, -0.2) is 4.98 Å². The van der Waals surface area contributed by atoms with Gasteiger partial charge >= 0.3 is 0 Å². The Balaban J connectivity index is 2.03. The number of rotatable bonds is 6. The average molecular weight is 261 g/mol. The van der Waals surface area contributed by atoms with Gasteiger partial charge in [-0.2, -0.15) is 0 Å². The molecule has 2 N–H and O–H groups in total. The van der Waals surface area contributed by atoms with E-state index >= 15 is 0 Å². The van der Waals surface area contributed by atoms with Crippen LogP contribution >= 0.6 is 11.8 Å². The van der Waals surface area contributed by atoms with Gasteiger partial charge in [0.15, 0.2) is 5.16 Å². The van der Waals surface area contributed by atoms with E-state index in [2.05, 4.69) is 53.4 Å². The van der Waals surface area contributed by atoms with E-state index < -0.39 is 0 Å². The van der Waals surface area contributed by atoms with Crippen LogP contribution in [0.3, 0.4) is 0 Å². The molecule has 0 aliphatic heterocycles. The molecule has 4 heteroatoms. The topological polar surface area (TPSA) is 40.7 Å². The summed E-state index contributed by atoms with van der Waals surface area (Å²) in [5.74, 6) is 0.977. The highest BCUT2D eigenvalue weighted by molar-refractivity contribution is 7.99. The van der Waals surface area contributed by atoms with Crippen LogP contribution in [0.5, 0.6) is 0 Å². The molecule has 0 fully saturated rings. The maximum atomic E-state index is 4.24. The molecule has 1 aromatic heterocycles. The number of thioether (sulfide) groups is 1. The van der Waals surface area contributed by atoms with Gasteiger partial charge in [0, 0.05) is 24.2 Å². The Hall–Kier alpha value is -1.26. The van der Waals surface area contributed by atoms with E-state index in [0.29, 0.717) is 6.04 Å². The Morgan fingerprint density at radius 3 is 3.00 bits per heavy atom. The molecule has 0 amide bonds. The summed E-state index contributed by atoms with van der Waals surface area (Å²) in [5, 5.41) is 4.50. The van der Waals surface area contributed by atoms with Crippen LogP contribution in [0, 0.1) is 6.92 Å². The lowest BCUT2D eigenvalue weighted by Gasteiger charge is -2.17. The van der Waals surface area contributed by atoms with Crippen molar-refractivity contribution in [1.82, 2.24) is 15.3 Å². The second kappa shape index (κ2) is 6.61. The van der Waals surface area contributed by atoms with Crippen molar-refractivity contribution in [3.63, 3.8) is 0 Å². The lowest BCUT2D eigenvalue weighted by molar-refractivity contribution is 0.605. The van der Waals surface area contributed by atoms with Crippen molar-refractivity contribution >= 4 is 11.8 Å². The maximum Gasteiger partial charge on any atom is 0.165 e. The van der Waals surface area contributed by atoms with Gasteiger partial charge in [-0.3, -0.25) is 0 Å². The first kappa shape index (κ1) is 13.2. The molecule has 1 atom stereocenters. The fraction of sp³-hybridized carbons (Fsp3) is 0.357. The van der Waals surface area contributed by atoms with Crippen LogP contribution in [0.2, 0.25) is 0 Å². The van der Waals surface area contributed by atoms with Crippen LogP contribution in [-0.4, -0.2) is 22.3 Å². The molecule has 0 saturated carbocycles. The maximum absolute atomic E-state index is 4.24. The molecule has 1 unspecified atom stereocenters. The van der Waals surface area contributed by atoms with Crippen LogP contribution < -0.4 is 5.32 Å². The lowest BCUT2D eigenvalue weighted by Crippen LogP contribution is -2.23. The second-order valence-corrected chi connectivity index (χ2v) is 5.24. The van der Waals surface area contributed by atoms with Gasteiger partial charge in [0.05, 0.1) is 0 Å². The molecule has 2 rings (SSSR count). The fourth-order valence-electron chi connectivity index (χ4n) is 1.90. The number of H-pyrrole nitrogens is 1. The standard InChI is InChI=1S/C14H19N3S/c1-3-15-13(10-18-14-16-7-8-17-14)12-6-4-5-11(2)9-12/h4-9,13,15H,3,10H2,1-2H3,(H,16,17). The van der Waals surface area contributed by atoms with E-state index in [9.17, 15) is 0 Å². The first-order chi connectivity index (χ1) is 8.79. The average Bonchev–Trinajstić information content (AvgIpc) is 2.87. The third-order valence-corrected chi connectivity index (χ3v) is 3.75. The second-order valence-electron chi connectivity index (χ2n) is 4.23. The van der Waals surface area contributed by atoms with Gasteiger partial charge in [0.2, 0.25) is 0 Å². The first-order valence-corrected chi connectivity index (χ1v) is 7.20. The molecular formula is C14H19N3S. The number of aryl methyl sites for hydroxylation is 1. The number of nitrogens with one attached hydrogen (secondary N) is 2. The summed E-state index contributed by atoms with van der Waals surface area (Å²) >= 11 is 1.75. The number of hydrogen-bond acceptors (Lipinski definition) is 3. The van der Waals surface area contributed by atoms with Crippen molar-refractivity contribution in [3.8, 4) is 0 Å². The Labute approximate surface area is 112 Å². The minimum atomic E-state index is 0.366. The molecular weight excluding hydrogens is 242 g/mol. The summed E-state index contributed by atoms with van der Waals surface area (Å²) in [6.07, 6.45) is 3.65. The van der Waals surface area contributed by atoms with Gasteiger partial charge in [0.1, 0.15) is 0 Å². The Kier molecular flexibility index (Phi) is 4.84. The van der Waals surface area contributed by atoms with Crippen molar-refractivity contribution in [2.75, 3.05) is 12.3 Å². The number of imidazole rings is 1. The SMILES string of the molecule is CCNC(CSc1ncc[nH]1)c1cccc(C)c1. The van der Waals surface area contributed by atoms with Crippen molar-refractivity contribution in [3.05, 3.63) is 47.8 Å². The zero-order valence-corrected chi connectivity index (χ0v) is 11.6. The highest BCUT2D eigenvalue weighted by Gasteiger charge is 2.11. The number of aromatic nitrogens is 2. The van der Waals surface area contributed by atoms with E-state index in [0.717, 1.165) is 17.5 Å². The Morgan fingerprint density at radius 2 is 2.33 bits per heavy atom. The highest BCUT2D eigenvalue weighted by atomic mass is 32.2. The predicted molar refractivity (Wildman–Crippen MR) is 76.9 cm³/mol. The van der Waals surface area contributed by atoms with Gasteiger partial charge in [0.25, 0.3) is 0 Å². The minimum absolute atomic E-state index is 0.366. The largest absolute Gasteiger partial charge is 0.340 e. The number of nitrogens with zero attached hydrogens (tertiary/aromatic N) is 1. The van der Waals surface area contributed by atoms with Crippen molar-refractivity contribution in [1.29, 1.82) is 0 Å². The van der Waals surface area contributed by atoms with Crippen LogP contribution in [0.4, 0.5) is 0 Å². The Bertz CT molecular complexity index is 468. The van der Waals surface area contributed by atoms with E-state index in [1.165, 1.54) is 11.1 Å². The molecule has 0 aliphatic carbocycles. The van der Waals surface area contributed by atoms with Gasteiger partial charge in [-0.05, 0) is 19.0 Å². The molecule has 0 spiro atoms. The molecule has 0 radical (unpaired) electrons. The first-order valence-electron chi connectivity index (χ1n) is 6.21. The van der Waals surface area contributed by atoms with E-state index in [-0.39, 0.29) is 0 Å². The van der Waals surface area contributed by atoms with Crippen molar-refractivity contribution < 1.29 is 0 Å². The molecule has 96 valence electrons. The number of benzene rings is 1. The molecule has 0 aliphatic rings. The minimum Gasteiger partial charge on any atom is -0.340 e. The molecule has 18 heavy (non-hydrogen) atoms. The van der Waals surface area contributed by atoms with E-state index in [1.54, 1.807) is 18.0 Å². The van der Waals surface area contributed by atoms with Crippen LogP contribution in [0.15, 0.2) is 41.8 Å². The van der Waals surface area contributed by atoms with Gasteiger partial charge in [-0.1, -0.05) is 48.5 Å². The third kappa shape index (κ3) is 3.62. The van der Waals surface area contributed by atoms with Crippen LogP contribution in [-0.2, 0) is 0 Å². The summed E-state index contributed by atoms with van der Waals surface area (Å²) in [4.78, 5) is 7.36. The smallest absolute Gasteiger partial charge is 0.165 e. The molecule has 0 bridgehead atoms. The summed E-state index contributed by atoms with van der Waals surface area (Å²) < 4.78 is 0. The van der Waals surface area contributed by atoms with Crippen LogP contribution in [0.1, 0.15) is 24.1 Å². The zero-order chi connectivity index (χ0) is 12.8. The van der Waals surface area contributed by atoms with Crippen molar-refractivity contribution in [2.45, 2.75) is 25.0 Å². The summed E-state index contributed by atoms with van der Waals surface area (Å²) in [6.45, 7) is 5.24. The van der Waals surface area contributed by atoms with Gasteiger partial charge in [-0.15, -0.1) is 0 Å². The normalized spacial score (nSPS) is 12.6. The zero-order valence-electron chi connectivity index (χ0n) is 10.8.